The molecule has 0 radical (unpaired) electrons. The van der Waals surface area contributed by atoms with Crippen LogP contribution in [0.3, 0.4) is 0 Å². The van der Waals surface area contributed by atoms with Crippen LogP contribution in [0.4, 0.5) is 10.1 Å². The number of carbonyl (C=O) groups is 2. The molecule has 148 valence electrons. The Hall–Kier alpha value is -1.93. The van der Waals surface area contributed by atoms with Crippen molar-refractivity contribution in [2.45, 2.75) is 52.0 Å². The molecule has 1 fully saturated rings. The molecule has 1 amide bonds. The monoisotopic (exact) mass is 378 g/mol. The molecule has 0 spiro atoms. The zero-order valence-electron chi connectivity index (χ0n) is 16.1. The number of halogens is 1. The molecule has 0 unspecified atom stereocenters. The molecule has 27 heavy (non-hydrogen) atoms. The molecule has 0 aromatic heterocycles. The zero-order valence-corrected chi connectivity index (χ0v) is 16.1. The van der Waals surface area contributed by atoms with Crippen molar-refractivity contribution in [3.63, 3.8) is 0 Å². The number of rotatable bonds is 9. The van der Waals surface area contributed by atoms with Gasteiger partial charge in [-0.25, -0.2) is 4.39 Å². The van der Waals surface area contributed by atoms with Crippen LogP contribution in [-0.2, 0) is 9.59 Å². The van der Waals surface area contributed by atoms with E-state index >= 15 is 0 Å². The van der Waals surface area contributed by atoms with E-state index in [0.29, 0.717) is 12.8 Å². The largest absolute Gasteiger partial charge is 0.475 e. The van der Waals surface area contributed by atoms with Crippen LogP contribution in [0.25, 0.3) is 0 Å². The van der Waals surface area contributed by atoms with Crippen molar-refractivity contribution in [3.8, 4) is 0 Å². The van der Waals surface area contributed by atoms with Gasteiger partial charge in [-0.1, -0.05) is 20.8 Å². The third-order valence-electron chi connectivity index (χ3n) is 4.92. The Morgan fingerprint density at radius 2 is 1.89 bits per heavy atom. The fourth-order valence-electron chi connectivity index (χ4n) is 3.28. The summed E-state index contributed by atoms with van der Waals surface area (Å²) in [5.74, 6) is -1.87. The van der Waals surface area contributed by atoms with Gasteiger partial charge in [-0.05, 0) is 43.0 Å². The Bertz CT molecular complexity index is 654. The summed E-state index contributed by atoms with van der Waals surface area (Å²) in [5, 5.41) is 21.5. The number of ketones is 1. The smallest absolute Gasteiger partial charge is 0.426 e. The van der Waals surface area contributed by atoms with Gasteiger partial charge in [0.05, 0.1) is 12.0 Å². The minimum atomic E-state index is -1.64. The fourth-order valence-corrected chi connectivity index (χ4v) is 3.28. The molecular formula is C19H28BFN2O4. The lowest BCUT2D eigenvalue weighted by atomic mass is 9.74. The Morgan fingerprint density at radius 1 is 1.26 bits per heavy atom. The third kappa shape index (κ3) is 5.77. The number of amides is 1. The quantitative estimate of drug-likeness (QED) is 0.568. The SMILES string of the molecule is CC(C)C[C@H](NC(=O)[C@H](C)CC(=O)[C@@H]1CCN1c1ccc(F)cc1)B(O)O. The highest BCUT2D eigenvalue weighted by Crippen LogP contribution is 2.28. The average molecular weight is 378 g/mol. The van der Waals surface area contributed by atoms with Crippen molar-refractivity contribution < 1.29 is 24.0 Å². The summed E-state index contributed by atoms with van der Waals surface area (Å²) in [6.07, 6.45) is 1.21. The summed E-state index contributed by atoms with van der Waals surface area (Å²) in [4.78, 5) is 26.9. The van der Waals surface area contributed by atoms with E-state index in [4.69, 9.17) is 0 Å². The molecule has 0 aliphatic carbocycles. The fraction of sp³-hybridized carbons (Fsp3) is 0.579. The second-order valence-electron chi connectivity index (χ2n) is 7.70. The lowest BCUT2D eigenvalue weighted by Crippen LogP contribution is -2.53. The van der Waals surface area contributed by atoms with Crippen molar-refractivity contribution in [2.75, 3.05) is 11.4 Å². The molecule has 3 atom stereocenters. The first-order chi connectivity index (χ1) is 12.7. The van der Waals surface area contributed by atoms with Crippen LogP contribution >= 0.6 is 0 Å². The van der Waals surface area contributed by atoms with E-state index in [0.717, 1.165) is 12.2 Å². The summed E-state index contributed by atoms with van der Waals surface area (Å²) >= 11 is 0. The van der Waals surface area contributed by atoms with Gasteiger partial charge < -0.3 is 20.3 Å². The molecule has 6 nitrogen and oxygen atoms in total. The van der Waals surface area contributed by atoms with E-state index in [9.17, 15) is 24.0 Å². The van der Waals surface area contributed by atoms with Gasteiger partial charge in [0, 0.05) is 24.6 Å². The number of carbonyl (C=O) groups excluding carboxylic acids is 2. The van der Waals surface area contributed by atoms with Crippen molar-refractivity contribution >= 4 is 24.5 Å². The van der Waals surface area contributed by atoms with Crippen molar-refractivity contribution in [1.82, 2.24) is 5.32 Å². The van der Waals surface area contributed by atoms with E-state index in [1.54, 1.807) is 19.1 Å². The van der Waals surface area contributed by atoms with E-state index in [1.165, 1.54) is 12.1 Å². The number of nitrogens with one attached hydrogen (secondary N) is 1. The minimum absolute atomic E-state index is 0.0434. The predicted molar refractivity (Wildman–Crippen MR) is 103 cm³/mol. The van der Waals surface area contributed by atoms with Gasteiger partial charge in [0.25, 0.3) is 0 Å². The van der Waals surface area contributed by atoms with Gasteiger partial charge in [-0.3, -0.25) is 9.59 Å². The van der Waals surface area contributed by atoms with Crippen molar-refractivity contribution in [1.29, 1.82) is 0 Å². The van der Waals surface area contributed by atoms with Crippen LogP contribution in [0.15, 0.2) is 24.3 Å². The number of hydrogen-bond donors (Lipinski definition) is 3. The molecule has 0 saturated carbocycles. The van der Waals surface area contributed by atoms with Crippen molar-refractivity contribution in [3.05, 3.63) is 30.1 Å². The Labute approximate surface area is 159 Å². The molecule has 1 heterocycles. The minimum Gasteiger partial charge on any atom is -0.426 e. The summed E-state index contributed by atoms with van der Waals surface area (Å²) < 4.78 is 13.1. The standard InChI is InChI=1S/C19H28BFN2O4/c1-12(2)10-18(20(26)27)22-19(25)13(3)11-17(24)16-8-9-23(16)15-6-4-14(21)5-7-15/h4-7,12-13,16,18,26-27H,8-11H2,1-3H3,(H,22,25)/t13-,16+,18+/m1/s1. The highest BCUT2D eigenvalue weighted by molar-refractivity contribution is 6.43. The Balaban J connectivity index is 1.90. The normalized spacial score (nSPS) is 18.6. The number of nitrogens with zero attached hydrogens (tertiary/aromatic N) is 1. The van der Waals surface area contributed by atoms with Crippen LogP contribution in [0, 0.1) is 17.7 Å². The van der Waals surface area contributed by atoms with Gasteiger partial charge >= 0.3 is 7.12 Å². The van der Waals surface area contributed by atoms with Crippen LogP contribution in [0.5, 0.6) is 0 Å². The summed E-state index contributed by atoms with van der Waals surface area (Å²) in [5.41, 5.74) is 0.790. The number of benzene rings is 1. The molecule has 1 aliphatic rings. The van der Waals surface area contributed by atoms with Gasteiger partial charge in [0.1, 0.15) is 5.82 Å². The first kappa shape index (κ1) is 21.4. The second kappa shape index (κ2) is 9.33. The summed E-state index contributed by atoms with van der Waals surface area (Å²) in [7, 11) is -1.64. The number of hydrogen-bond acceptors (Lipinski definition) is 5. The second-order valence-corrected chi connectivity index (χ2v) is 7.70. The molecule has 1 aromatic rings. The molecule has 2 rings (SSSR count). The first-order valence-electron chi connectivity index (χ1n) is 9.40. The molecule has 1 saturated heterocycles. The number of Topliss-reactive ketones (excluding diaryl/α,β-unsaturated/α-hetero) is 1. The zero-order chi connectivity index (χ0) is 20.1. The van der Waals surface area contributed by atoms with Gasteiger partial charge in [0.15, 0.2) is 5.78 Å². The molecule has 8 heteroatoms. The van der Waals surface area contributed by atoms with Crippen molar-refractivity contribution in [2.24, 2.45) is 11.8 Å². The lowest BCUT2D eigenvalue weighted by molar-refractivity contribution is -0.130. The first-order valence-corrected chi connectivity index (χ1v) is 9.40. The predicted octanol–water partition coefficient (Wildman–Crippen LogP) is 1.54. The molecular weight excluding hydrogens is 350 g/mol. The van der Waals surface area contributed by atoms with Crippen LogP contribution in [0.2, 0.25) is 0 Å². The van der Waals surface area contributed by atoms with Gasteiger partial charge in [0.2, 0.25) is 5.91 Å². The Morgan fingerprint density at radius 3 is 2.37 bits per heavy atom. The highest BCUT2D eigenvalue weighted by Gasteiger charge is 2.36. The third-order valence-corrected chi connectivity index (χ3v) is 4.92. The lowest BCUT2D eigenvalue weighted by Gasteiger charge is -2.42. The highest BCUT2D eigenvalue weighted by atomic mass is 19.1. The van der Waals surface area contributed by atoms with Crippen LogP contribution < -0.4 is 10.2 Å². The van der Waals surface area contributed by atoms with Gasteiger partial charge in [-0.2, -0.15) is 0 Å². The van der Waals surface area contributed by atoms with E-state index in [1.807, 2.05) is 18.7 Å². The van der Waals surface area contributed by atoms with E-state index in [2.05, 4.69) is 5.32 Å². The molecule has 1 aliphatic heterocycles. The number of anilines is 1. The maximum absolute atomic E-state index is 13.1. The molecule has 0 bridgehead atoms. The van der Waals surface area contributed by atoms with Crippen LogP contribution in [-0.4, -0.2) is 47.4 Å². The average Bonchev–Trinajstić information content (AvgIpc) is 2.54. The summed E-state index contributed by atoms with van der Waals surface area (Å²) in [6.45, 7) is 6.23. The molecule has 1 aromatic carbocycles. The maximum Gasteiger partial charge on any atom is 0.475 e. The maximum atomic E-state index is 13.1. The topological polar surface area (TPSA) is 89.9 Å². The van der Waals surface area contributed by atoms with E-state index in [-0.39, 0.29) is 35.9 Å². The van der Waals surface area contributed by atoms with E-state index < -0.39 is 19.0 Å². The van der Waals surface area contributed by atoms with Gasteiger partial charge in [-0.15, -0.1) is 0 Å². The Kier molecular flexibility index (Phi) is 7.38. The molecule has 3 N–H and O–H groups in total. The van der Waals surface area contributed by atoms with Crippen LogP contribution in [0.1, 0.15) is 40.0 Å². The summed E-state index contributed by atoms with van der Waals surface area (Å²) in [6, 6.07) is 5.70.